The highest BCUT2D eigenvalue weighted by molar-refractivity contribution is 7.71. The number of aliphatic hydroxyl groups is 1. The van der Waals surface area contributed by atoms with Gasteiger partial charge in [-0.3, -0.25) is 5.10 Å². The van der Waals surface area contributed by atoms with Crippen LogP contribution < -0.4 is 0 Å². The first-order chi connectivity index (χ1) is 5.79. The second-order valence-electron chi connectivity index (χ2n) is 2.53. The molecule has 0 amide bonds. The van der Waals surface area contributed by atoms with Crippen LogP contribution in [0.3, 0.4) is 0 Å². The number of aliphatic hydroxyl groups excluding tert-OH is 1. The van der Waals surface area contributed by atoms with E-state index in [2.05, 4.69) is 10.2 Å². The van der Waals surface area contributed by atoms with Crippen molar-refractivity contribution in [3.63, 3.8) is 0 Å². The molecule has 0 bridgehead atoms. The summed E-state index contributed by atoms with van der Waals surface area (Å²) in [5, 5.41) is 15.4. The zero-order valence-electron chi connectivity index (χ0n) is 7.08. The second kappa shape index (κ2) is 4.37. The summed E-state index contributed by atoms with van der Waals surface area (Å²) in [5.41, 5.74) is 0. The molecule has 0 fully saturated rings. The Bertz CT molecular complexity index is 291. The van der Waals surface area contributed by atoms with Gasteiger partial charge in [0, 0.05) is 19.6 Å². The number of hydrogen-bond acceptors (Lipinski definition) is 3. The van der Waals surface area contributed by atoms with E-state index in [4.69, 9.17) is 17.3 Å². The summed E-state index contributed by atoms with van der Waals surface area (Å²) in [5.74, 6) is 0.952. The Balaban J connectivity index is 2.79. The highest BCUT2D eigenvalue weighted by Crippen LogP contribution is 1.99. The third-order valence-electron chi connectivity index (χ3n) is 1.69. The van der Waals surface area contributed by atoms with Crippen molar-refractivity contribution in [2.24, 2.45) is 0 Å². The maximum Gasteiger partial charge on any atom is 0.195 e. The molecule has 4 nitrogen and oxygen atoms in total. The van der Waals surface area contributed by atoms with Gasteiger partial charge in [-0.25, -0.2) is 0 Å². The van der Waals surface area contributed by atoms with Gasteiger partial charge in [0.05, 0.1) is 0 Å². The van der Waals surface area contributed by atoms with Crippen LogP contribution >= 0.6 is 12.2 Å². The summed E-state index contributed by atoms with van der Waals surface area (Å²) in [7, 11) is 0. The number of nitrogens with one attached hydrogen (secondary N) is 1. The van der Waals surface area contributed by atoms with Crippen LogP contribution in [0.5, 0.6) is 0 Å². The van der Waals surface area contributed by atoms with Gasteiger partial charge < -0.3 is 9.67 Å². The van der Waals surface area contributed by atoms with E-state index in [0.29, 0.717) is 4.77 Å². The van der Waals surface area contributed by atoms with Gasteiger partial charge in [0.1, 0.15) is 5.82 Å². The van der Waals surface area contributed by atoms with Crippen LogP contribution in [0, 0.1) is 4.77 Å². The molecule has 0 aliphatic carbocycles. The number of aromatic nitrogens is 3. The molecule has 12 heavy (non-hydrogen) atoms. The quantitative estimate of drug-likeness (QED) is 0.688. The SMILES string of the molecule is CCc1n[nH]c(=S)n1CCCO. The molecule has 0 atom stereocenters. The van der Waals surface area contributed by atoms with Crippen molar-refractivity contribution in [3.05, 3.63) is 10.6 Å². The van der Waals surface area contributed by atoms with Crippen molar-refractivity contribution < 1.29 is 5.11 Å². The zero-order chi connectivity index (χ0) is 8.97. The van der Waals surface area contributed by atoms with E-state index in [-0.39, 0.29) is 6.61 Å². The molecule has 1 rings (SSSR count). The number of hydrogen-bond donors (Lipinski definition) is 2. The van der Waals surface area contributed by atoms with E-state index in [9.17, 15) is 0 Å². The largest absolute Gasteiger partial charge is 0.396 e. The molecule has 0 saturated carbocycles. The Morgan fingerprint density at radius 3 is 3.00 bits per heavy atom. The highest BCUT2D eigenvalue weighted by atomic mass is 32.1. The number of rotatable bonds is 4. The van der Waals surface area contributed by atoms with Gasteiger partial charge in [-0.15, -0.1) is 0 Å². The van der Waals surface area contributed by atoms with E-state index in [1.807, 2.05) is 11.5 Å². The number of nitrogens with zero attached hydrogens (tertiary/aromatic N) is 2. The minimum atomic E-state index is 0.191. The van der Waals surface area contributed by atoms with E-state index >= 15 is 0 Å². The molecule has 0 aliphatic rings. The standard InChI is InChI=1S/C7H13N3OS/c1-2-6-8-9-7(12)10(6)4-3-5-11/h11H,2-5H2,1H3,(H,9,12). The van der Waals surface area contributed by atoms with E-state index < -0.39 is 0 Å². The molecular weight excluding hydrogens is 174 g/mol. The molecule has 0 radical (unpaired) electrons. The summed E-state index contributed by atoms with van der Waals surface area (Å²) in [6, 6.07) is 0. The van der Waals surface area contributed by atoms with Gasteiger partial charge in [0.2, 0.25) is 0 Å². The molecule has 0 unspecified atom stereocenters. The topological polar surface area (TPSA) is 53.8 Å². The third kappa shape index (κ3) is 1.92. The molecular formula is C7H13N3OS. The van der Waals surface area contributed by atoms with Gasteiger partial charge >= 0.3 is 0 Å². The van der Waals surface area contributed by atoms with Gasteiger partial charge in [-0.2, -0.15) is 5.10 Å². The minimum Gasteiger partial charge on any atom is -0.396 e. The Morgan fingerprint density at radius 2 is 2.42 bits per heavy atom. The Morgan fingerprint density at radius 1 is 1.67 bits per heavy atom. The molecule has 68 valence electrons. The number of aromatic amines is 1. The lowest BCUT2D eigenvalue weighted by atomic mass is 10.4. The first-order valence-corrected chi connectivity index (χ1v) is 4.45. The number of H-pyrrole nitrogens is 1. The van der Waals surface area contributed by atoms with Gasteiger partial charge in [0.15, 0.2) is 4.77 Å². The normalized spacial score (nSPS) is 10.5. The van der Waals surface area contributed by atoms with Crippen LogP contribution in [0.1, 0.15) is 19.2 Å². The Kier molecular flexibility index (Phi) is 3.43. The predicted molar refractivity (Wildman–Crippen MR) is 48.5 cm³/mol. The fourth-order valence-electron chi connectivity index (χ4n) is 1.08. The van der Waals surface area contributed by atoms with Crippen LogP contribution in [0.25, 0.3) is 0 Å². The van der Waals surface area contributed by atoms with E-state index in [1.165, 1.54) is 0 Å². The zero-order valence-corrected chi connectivity index (χ0v) is 7.89. The van der Waals surface area contributed by atoms with Crippen molar-refractivity contribution in [3.8, 4) is 0 Å². The monoisotopic (exact) mass is 187 g/mol. The summed E-state index contributed by atoms with van der Waals surface area (Å²) < 4.78 is 2.56. The molecule has 1 aromatic heterocycles. The van der Waals surface area contributed by atoms with Crippen LogP contribution in [-0.2, 0) is 13.0 Å². The van der Waals surface area contributed by atoms with Crippen molar-refractivity contribution in [2.75, 3.05) is 6.61 Å². The van der Waals surface area contributed by atoms with Gasteiger partial charge in [0.25, 0.3) is 0 Å². The second-order valence-corrected chi connectivity index (χ2v) is 2.91. The van der Waals surface area contributed by atoms with Crippen LogP contribution in [-0.4, -0.2) is 26.5 Å². The van der Waals surface area contributed by atoms with Crippen LogP contribution in [0.15, 0.2) is 0 Å². The average Bonchev–Trinajstić information content (AvgIpc) is 2.43. The first-order valence-electron chi connectivity index (χ1n) is 4.04. The van der Waals surface area contributed by atoms with Crippen molar-refractivity contribution in [1.82, 2.24) is 14.8 Å². The minimum absolute atomic E-state index is 0.191. The third-order valence-corrected chi connectivity index (χ3v) is 2.01. The van der Waals surface area contributed by atoms with Gasteiger partial charge in [-0.05, 0) is 18.6 Å². The van der Waals surface area contributed by atoms with Crippen molar-refractivity contribution in [1.29, 1.82) is 0 Å². The van der Waals surface area contributed by atoms with E-state index in [0.717, 1.165) is 25.2 Å². The molecule has 2 N–H and O–H groups in total. The summed E-state index contributed by atoms with van der Waals surface area (Å²) in [6.45, 7) is 2.96. The molecule has 1 aromatic rings. The Hall–Kier alpha value is -0.680. The summed E-state index contributed by atoms with van der Waals surface area (Å²) in [6.07, 6.45) is 1.58. The Labute approximate surface area is 76.2 Å². The van der Waals surface area contributed by atoms with Crippen LogP contribution in [0.4, 0.5) is 0 Å². The van der Waals surface area contributed by atoms with Gasteiger partial charge in [-0.1, -0.05) is 6.92 Å². The molecule has 5 heteroatoms. The molecule has 0 saturated heterocycles. The average molecular weight is 187 g/mol. The first kappa shape index (κ1) is 9.41. The number of aryl methyl sites for hydroxylation is 1. The maximum atomic E-state index is 8.64. The molecule has 0 spiro atoms. The predicted octanol–water partition coefficient (Wildman–Crippen LogP) is 0.885. The fraction of sp³-hybridized carbons (Fsp3) is 0.714. The molecule has 0 aromatic carbocycles. The lowest BCUT2D eigenvalue weighted by Crippen LogP contribution is -2.04. The van der Waals surface area contributed by atoms with Crippen LogP contribution in [0.2, 0.25) is 0 Å². The molecule has 0 aliphatic heterocycles. The van der Waals surface area contributed by atoms with E-state index in [1.54, 1.807) is 0 Å². The lowest BCUT2D eigenvalue weighted by molar-refractivity contribution is 0.278. The van der Waals surface area contributed by atoms with Crippen molar-refractivity contribution in [2.45, 2.75) is 26.3 Å². The highest BCUT2D eigenvalue weighted by Gasteiger charge is 2.01. The smallest absolute Gasteiger partial charge is 0.195 e. The van der Waals surface area contributed by atoms with Crippen molar-refractivity contribution >= 4 is 12.2 Å². The maximum absolute atomic E-state index is 8.64. The summed E-state index contributed by atoms with van der Waals surface area (Å²) in [4.78, 5) is 0. The molecule has 1 heterocycles. The lowest BCUT2D eigenvalue weighted by Gasteiger charge is -2.02. The fourth-order valence-corrected chi connectivity index (χ4v) is 1.32. The summed E-state index contributed by atoms with van der Waals surface area (Å²) >= 11 is 5.02.